The molecule has 0 saturated carbocycles. The zero-order valence-electron chi connectivity index (χ0n) is 14.3. The second kappa shape index (κ2) is 7.75. The number of rotatable bonds is 7. The molecule has 0 saturated heterocycles. The summed E-state index contributed by atoms with van der Waals surface area (Å²) in [6.07, 6.45) is 3.13. The second-order valence-corrected chi connectivity index (χ2v) is 8.95. The summed E-state index contributed by atoms with van der Waals surface area (Å²) in [7, 11) is -3.54. The lowest BCUT2D eigenvalue weighted by Crippen LogP contribution is -2.10. The highest BCUT2D eigenvalue weighted by atomic mass is 79.9. The van der Waals surface area contributed by atoms with E-state index in [0.29, 0.717) is 16.5 Å². The van der Waals surface area contributed by atoms with Gasteiger partial charge in [0.15, 0.2) is 0 Å². The molecule has 2 aromatic carbocycles. The summed E-state index contributed by atoms with van der Waals surface area (Å²) in [5, 5.41) is 2.33. The molecule has 1 aromatic heterocycles. The molecule has 0 bridgehead atoms. The van der Waals surface area contributed by atoms with Crippen molar-refractivity contribution in [3.8, 4) is 0 Å². The number of para-hydroxylation sites is 1. The van der Waals surface area contributed by atoms with Gasteiger partial charge in [0.05, 0.1) is 4.90 Å². The topological polar surface area (TPSA) is 39.1 Å². The number of aryl methyl sites for hydroxylation is 2. The molecule has 0 unspecified atom stereocenters. The van der Waals surface area contributed by atoms with Crippen molar-refractivity contribution in [2.24, 2.45) is 0 Å². The van der Waals surface area contributed by atoms with Crippen LogP contribution in [0.3, 0.4) is 0 Å². The molecule has 0 fully saturated rings. The first kappa shape index (κ1) is 18.2. The molecule has 3 aromatic rings. The quantitative estimate of drug-likeness (QED) is 0.382. The first-order valence-corrected chi connectivity index (χ1v) is 11.1. The lowest BCUT2D eigenvalue weighted by atomic mass is 10.2. The van der Waals surface area contributed by atoms with E-state index in [-0.39, 0.29) is 0 Å². The van der Waals surface area contributed by atoms with Crippen LogP contribution in [0.2, 0.25) is 0 Å². The van der Waals surface area contributed by atoms with Gasteiger partial charge in [0.2, 0.25) is 9.84 Å². The van der Waals surface area contributed by atoms with Gasteiger partial charge in [-0.1, -0.05) is 58.2 Å². The van der Waals surface area contributed by atoms with Gasteiger partial charge in [-0.15, -0.1) is 0 Å². The van der Waals surface area contributed by atoms with Crippen molar-refractivity contribution in [3.63, 3.8) is 0 Å². The maximum absolute atomic E-state index is 13.2. The van der Waals surface area contributed by atoms with E-state index in [1.54, 1.807) is 18.2 Å². The molecule has 0 N–H and O–H groups in total. The van der Waals surface area contributed by atoms with E-state index >= 15 is 0 Å². The van der Waals surface area contributed by atoms with E-state index in [2.05, 4.69) is 15.9 Å². The van der Waals surface area contributed by atoms with Gasteiger partial charge in [0.1, 0.15) is 5.03 Å². The Balaban J connectivity index is 2.06. The molecule has 0 aliphatic heterocycles. The van der Waals surface area contributed by atoms with Crippen LogP contribution in [0.1, 0.15) is 24.8 Å². The van der Waals surface area contributed by atoms with Crippen molar-refractivity contribution in [3.05, 3.63) is 60.2 Å². The number of alkyl halides is 1. The van der Waals surface area contributed by atoms with E-state index in [9.17, 15) is 8.42 Å². The summed E-state index contributed by atoms with van der Waals surface area (Å²) in [4.78, 5) is 0.350. The lowest BCUT2D eigenvalue weighted by Gasteiger charge is -2.11. The fourth-order valence-electron chi connectivity index (χ4n) is 3.02. The standard InChI is InChI=1S/C20H22BrNO2S/c1-16-9-11-18(12-10-16)25(23,24)20-15-17-7-3-4-8-19(17)22(20)14-6-2-5-13-21/h3-4,7-12,15H,2,5-6,13-14H2,1H3. The lowest BCUT2D eigenvalue weighted by molar-refractivity contribution is 0.557. The number of sulfone groups is 1. The van der Waals surface area contributed by atoms with E-state index in [4.69, 9.17) is 0 Å². The summed E-state index contributed by atoms with van der Waals surface area (Å²) < 4.78 is 28.3. The van der Waals surface area contributed by atoms with Gasteiger partial charge in [-0.05, 0) is 44.0 Å². The van der Waals surface area contributed by atoms with E-state index < -0.39 is 9.84 Å². The van der Waals surface area contributed by atoms with Crippen LogP contribution in [0.15, 0.2) is 64.5 Å². The molecule has 5 heteroatoms. The van der Waals surface area contributed by atoms with Crippen LogP contribution in [0, 0.1) is 6.92 Å². The number of fused-ring (bicyclic) bond motifs is 1. The molecule has 0 spiro atoms. The smallest absolute Gasteiger partial charge is 0.222 e. The Morgan fingerprint density at radius 3 is 2.40 bits per heavy atom. The molecule has 0 radical (unpaired) electrons. The third-order valence-electron chi connectivity index (χ3n) is 4.39. The fraction of sp³-hybridized carbons (Fsp3) is 0.300. The molecule has 0 atom stereocenters. The summed E-state index contributed by atoms with van der Waals surface area (Å²) >= 11 is 3.45. The number of hydrogen-bond donors (Lipinski definition) is 0. The van der Waals surface area contributed by atoms with Crippen molar-refractivity contribution in [1.82, 2.24) is 4.57 Å². The SMILES string of the molecule is Cc1ccc(S(=O)(=O)c2cc3ccccc3n2CCCCCBr)cc1. The highest BCUT2D eigenvalue weighted by Crippen LogP contribution is 2.28. The molecule has 0 aliphatic rings. The molecule has 3 rings (SSSR count). The van der Waals surface area contributed by atoms with Crippen LogP contribution in [0.5, 0.6) is 0 Å². The fourth-order valence-corrected chi connectivity index (χ4v) is 4.91. The molecule has 132 valence electrons. The molecule has 25 heavy (non-hydrogen) atoms. The molecule has 0 aliphatic carbocycles. The second-order valence-electron chi connectivity index (χ2n) is 6.26. The molecular weight excluding hydrogens is 398 g/mol. The minimum Gasteiger partial charge on any atom is -0.331 e. The van der Waals surface area contributed by atoms with Crippen molar-refractivity contribution >= 4 is 36.7 Å². The number of nitrogens with zero attached hydrogens (tertiary/aromatic N) is 1. The summed E-state index contributed by atoms with van der Waals surface area (Å²) in [5.41, 5.74) is 2.03. The Morgan fingerprint density at radius 1 is 0.960 bits per heavy atom. The van der Waals surface area contributed by atoms with Crippen LogP contribution in [0.25, 0.3) is 10.9 Å². The van der Waals surface area contributed by atoms with Gasteiger partial charge in [-0.2, -0.15) is 0 Å². The Bertz CT molecular complexity index is 959. The number of benzene rings is 2. The van der Waals surface area contributed by atoms with Gasteiger partial charge in [-0.3, -0.25) is 0 Å². The minimum atomic E-state index is -3.54. The van der Waals surface area contributed by atoms with E-state index in [0.717, 1.165) is 41.1 Å². The highest BCUT2D eigenvalue weighted by Gasteiger charge is 2.23. The van der Waals surface area contributed by atoms with Crippen LogP contribution in [0.4, 0.5) is 0 Å². The predicted octanol–water partition coefficient (Wildman–Crippen LogP) is 5.35. The van der Waals surface area contributed by atoms with Gasteiger partial charge in [0.25, 0.3) is 0 Å². The van der Waals surface area contributed by atoms with Crippen LogP contribution in [-0.2, 0) is 16.4 Å². The average molecular weight is 420 g/mol. The van der Waals surface area contributed by atoms with Crippen molar-refractivity contribution in [1.29, 1.82) is 0 Å². The van der Waals surface area contributed by atoms with Crippen molar-refractivity contribution in [2.75, 3.05) is 5.33 Å². The van der Waals surface area contributed by atoms with Crippen LogP contribution in [-0.4, -0.2) is 18.3 Å². The Kier molecular flexibility index (Phi) is 5.64. The molecule has 0 amide bonds. The van der Waals surface area contributed by atoms with Crippen molar-refractivity contribution < 1.29 is 8.42 Å². The van der Waals surface area contributed by atoms with Crippen LogP contribution < -0.4 is 0 Å². The Labute approximate surface area is 157 Å². The van der Waals surface area contributed by atoms with E-state index in [1.807, 2.05) is 47.9 Å². The molecule has 3 nitrogen and oxygen atoms in total. The highest BCUT2D eigenvalue weighted by molar-refractivity contribution is 9.09. The summed E-state index contributed by atoms with van der Waals surface area (Å²) in [6, 6.07) is 16.7. The molecule has 1 heterocycles. The van der Waals surface area contributed by atoms with Gasteiger partial charge >= 0.3 is 0 Å². The zero-order valence-corrected chi connectivity index (χ0v) is 16.7. The molecular formula is C20H22BrNO2S. The number of unbranched alkanes of at least 4 members (excludes halogenated alkanes) is 2. The first-order chi connectivity index (χ1) is 12.0. The normalized spacial score (nSPS) is 11.9. The van der Waals surface area contributed by atoms with E-state index in [1.165, 1.54) is 0 Å². The Morgan fingerprint density at radius 2 is 1.68 bits per heavy atom. The number of halogens is 1. The maximum atomic E-state index is 13.2. The van der Waals surface area contributed by atoms with Crippen LogP contribution >= 0.6 is 15.9 Å². The largest absolute Gasteiger partial charge is 0.331 e. The van der Waals surface area contributed by atoms with Gasteiger partial charge < -0.3 is 4.57 Å². The third kappa shape index (κ3) is 3.82. The maximum Gasteiger partial charge on any atom is 0.222 e. The Hall–Kier alpha value is -1.59. The third-order valence-corrected chi connectivity index (χ3v) is 6.74. The average Bonchev–Trinajstić information content (AvgIpc) is 2.99. The predicted molar refractivity (Wildman–Crippen MR) is 106 cm³/mol. The number of aromatic nitrogens is 1. The zero-order chi connectivity index (χ0) is 17.9. The summed E-state index contributed by atoms with van der Waals surface area (Å²) in [5.74, 6) is 0. The number of hydrogen-bond acceptors (Lipinski definition) is 2. The first-order valence-electron chi connectivity index (χ1n) is 8.50. The monoisotopic (exact) mass is 419 g/mol. The minimum absolute atomic E-state index is 0.350. The van der Waals surface area contributed by atoms with Crippen molar-refractivity contribution in [2.45, 2.75) is 42.7 Å². The van der Waals surface area contributed by atoms with Gasteiger partial charge in [-0.25, -0.2) is 8.42 Å². The summed E-state index contributed by atoms with van der Waals surface area (Å²) in [6.45, 7) is 2.66. The van der Waals surface area contributed by atoms with Gasteiger partial charge in [0, 0.05) is 22.8 Å².